The van der Waals surface area contributed by atoms with Crippen LogP contribution < -0.4 is 5.32 Å². The van der Waals surface area contributed by atoms with Crippen molar-refractivity contribution in [1.29, 1.82) is 0 Å². The van der Waals surface area contributed by atoms with Gasteiger partial charge in [-0.3, -0.25) is 4.90 Å². The first-order chi connectivity index (χ1) is 9.97. The number of nitrogens with one attached hydrogen (secondary N) is 1. The Bertz CT molecular complexity index is 420. The largest absolute Gasteiger partial charge is 0.313 e. The van der Waals surface area contributed by atoms with E-state index in [0.29, 0.717) is 18.5 Å². The van der Waals surface area contributed by atoms with Gasteiger partial charge in [0.1, 0.15) is 0 Å². The van der Waals surface area contributed by atoms with Gasteiger partial charge in [-0.05, 0) is 31.8 Å². The van der Waals surface area contributed by atoms with Gasteiger partial charge in [0, 0.05) is 18.2 Å². The highest BCUT2D eigenvalue weighted by atomic mass is 19.3. The van der Waals surface area contributed by atoms with Crippen LogP contribution in [0.5, 0.6) is 0 Å². The van der Waals surface area contributed by atoms with Gasteiger partial charge in [-0.2, -0.15) is 8.78 Å². The molecule has 2 nitrogen and oxygen atoms in total. The Balaban J connectivity index is 1.99. The molecule has 1 aromatic carbocycles. The zero-order chi connectivity index (χ0) is 15.3. The van der Waals surface area contributed by atoms with Gasteiger partial charge in [0.05, 0.1) is 6.54 Å². The van der Waals surface area contributed by atoms with Gasteiger partial charge < -0.3 is 5.32 Å². The number of benzene rings is 1. The monoisotopic (exact) mass is 296 g/mol. The summed E-state index contributed by atoms with van der Waals surface area (Å²) in [6.07, 6.45) is 1.97. The minimum Gasteiger partial charge on any atom is -0.313 e. The van der Waals surface area contributed by atoms with Crippen molar-refractivity contribution < 1.29 is 8.78 Å². The summed E-state index contributed by atoms with van der Waals surface area (Å²) in [4.78, 5) is 1.92. The van der Waals surface area contributed by atoms with Crippen LogP contribution in [0, 0.1) is 5.92 Å². The van der Waals surface area contributed by atoms with Gasteiger partial charge >= 0.3 is 0 Å². The molecule has 1 aliphatic heterocycles. The second kappa shape index (κ2) is 7.32. The second-order valence-electron chi connectivity index (χ2n) is 6.44. The summed E-state index contributed by atoms with van der Waals surface area (Å²) in [5.74, 6) is -2.20. The lowest BCUT2D eigenvalue weighted by molar-refractivity contribution is -0.0383. The fourth-order valence-corrected chi connectivity index (χ4v) is 3.00. The first-order valence-electron chi connectivity index (χ1n) is 7.86. The number of halogens is 2. The topological polar surface area (TPSA) is 15.3 Å². The molecule has 1 saturated heterocycles. The SMILES string of the molecule is CC(C)CC1CN(CC(F)(F)c2ccccc2)CCCN1. The predicted molar refractivity (Wildman–Crippen MR) is 82.6 cm³/mol. The van der Waals surface area contributed by atoms with Crippen LogP contribution in [0.1, 0.15) is 32.3 Å². The molecule has 4 heteroatoms. The highest BCUT2D eigenvalue weighted by Gasteiger charge is 2.34. The molecule has 1 N–H and O–H groups in total. The molecule has 0 aliphatic carbocycles. The average molecular weight is 296 g/mol. The van der Waals surface area contributed by atoms with Crippen molar-refractivity contribution in [3.8, 4) is 0 Å². The van der Waals surface area contributed by atoms with Crippen LogP contribution in [0.4, 0.5) is 8.78 Å². The summed E-state index contributed by atoms with van der Waals surface area (Å²) in [6.45, 7) is 6.54. The second-order valence-corrected chi connectivity index (χ2v) is 6.44. The zero-order valence-electron chi connectivity index (χ0n) is 13.0. The fourth-order valence-electron chi connectivity index (χ4n) is 3.00. The molecule has 0 amide bonds. The van der Waals surface area contributed by atoms with Crippen molar-refractivity contribution in [3.63, 3.8) is 0 Å². The van der Waals surface area contributed by atoms with Crippen LogP contribution in [-0.2, 0) is 5.92 Å². The molecule has 2 rings (SSSR count). The fraction of sp³-hybridized carbons (Fsp3) is 0.647. The maximum absolute atomic E-state index is 14.4. The van der Waals surface area contributed by atoms with E-state index < -0.39 is 5.92 Å². The number of nitrogens with zero attached hydrogens (tertiary/aromatic N) is 1. The molecule has 21 heavy (non-hydrogen) atoms. The third kappa shape index (κ3) is 5.04. The van der Waals surface area contributed by atoms with Crippen molar-refractivity contribution in [3.05, 3.63) is 35.9 Å². The van der Waals surface area contributed by atoms with Crippen LogP contribution >= 0.6 is 0 Å². The van der Waals surface area contributed by atoms with E-state index in [-0.39, 0.29) is 12.1 Å². The van der Waals surface area contributed by atoms with E-state index in [9.17, 15) is 8.78 Å². The molecule has 0 spiro atoms. The lowest BCUT2D eigenvalue weighted by Gasteiger charge is -2.29. The van der Waals surface area contributed by atoms with Crippen LogP contribution in [0.3, 0.4) is 0 Å². The van der Waals surface area contributed by atoms with Crippen molar-refractivity contribution in [1.82, 2.24) is 10.2 Å². The molecular formula is C17H26F2N2. The number of hydrogen-bond acceptors (Lipinski definition) is 2. The van der Waals surface area contributed by atoms with Crippen LogP contribution in [0.2, 0.25) is 0 Å². The lowest BCUT2D eigenvalue weighted by atomic mass is 10.0. The number of alkyl halides is 2. The Hall–Kier alpha value is -1.00. The van der Waals surface area contributed by atoms with Crippen LogP contribution in [0.25, 0.3) is 0 Å². The van der Waals surface area contributed by atoms with Crippen LogP contribution in [0.15, 0.2) is 30.3 Å². The minimum atomic E-state index is -2.78. The summed E-state index contributed by atoms with van der Waals surface area (Å²) in [7, 11) is 0. The number of hydrogen-bond donors (Lipinski definition) is 1. The Morgan fingerprint density at radius 3 is 2.67 bits per heavy atom. The average Bonchev–Trinajstić information content (AvgIpc) is 2.63. The molecule has 0 radical (unpaired) electrons. The van der Waals surface area contributed by atoms with Gasteiger partial charge in [-0.1, -0.05) is 44.2 Å². The quantitative estimate of drug-likeness (QED) is 0.895. The Morgan fingerprint density at radius 1 is 1.29 bits per heavy atom. The van der Waals surface area contributed by atoms with Gasteiger partial charge in [0.25, 0.3) is 5.92 Å². The summed E-state index contributed by atoms with van der Waals surface area (Å²) in [6, 6.07) is 8.47. The van der Waals surface area contributed by atoms with E-state index in [4.69, 9.17) is 0 Å². The molecule has 1 atom stereocenters. The van der Waals surface area contributed by atoms with E-state index in [2.05, 4.69) is 19.2 Å². The summed E-state index contributed by atoms with van der Waals surface area (Å²) < 4.78 is 28.8. The van der Waals surface area contributed by atoms with Gasteiger partial charge in [0.15, 0.2) is 0 Å². The van der Waals surface area contributed by atoms with Crippen molar-refractivity contribution >= 4 is 0 Å². The molecule has 0 bridgehead atoms. The van der Waals surface area contributed by atoms with E-state index in [0.717, 1.165) is 25.9 Å². The highest BCUT2D eigenvalue weighted by Crippen LogP contribution is 2.29. The Labute approximate surface area is 126 Å². The van der Waals surface area contributed by atoms with E-state index >= 15 is 0 Å². The molecule has 118 valence electrons. The highest BCUT2D eigenvalue weighted by molar-refractivity contribution is 5.20. The van der Waals surface area contributed by atoms with Crippen LogP contribution in [-0.4, -0.2) is 37.1 Å². The van der Waals surface area contributed by atoms with Crippen molar-refractivity contribution in [2.24, 2.45) is 5.92 Å². The Morgan fingerprint density at radius 2 is 2.00 bits per heavy atom. The summed E-state index contributed by atoms with van der Waals surface area (Å²) >= 11 is 0. The lowest BCUT2D eigenvalue weighted by Crippen LogP contribution is -2.42. The molecule has 0 aromatic heterocycles. The third-order valence-corrected chi connectivity index (χ3v) is 3.94. The minimum absolute atomic E-state index is 0.114. The molecule has 1 fully saturated rings. The molecule has 1 heterocycles. The van der Waals surface area contributed by atoms with Gasteiger partial charge in [0.2, 0.25) is 0 Å². The zero-order valence-corrected chi connectivity index (χ0v) is 13.0. The number of rotatable bonds is 5. The first-order valence-corrected chi connectivity index (χ1v) is 7.86. The van der Waals surface area contributed by atoms with E-state index in [1.54, 1.807) is 18.2 Å². The maximum Gasteiger partial charge on any atom is 0.285 e. The summed E-state index contributed by atoms with van der Waals surface area (Å²) in [5.41, 5.74) is 0.114. The molecule has 1 aromatic rings. The standard InChI is InChI=1S/C17H26F2N2/c1-14(2)11-16-12-21(10-6-9-20-16)13-17(18,19)15-7-4-3-5-8-15/h3-5,7-8,14,16,20H,6,9-13H2,1-2H3. The smallest absolute Gasteiger partial charge is 0.285 e. The van der Waals surface area contributed by atoms with Gasteiger partial charge in [-0.15, -0.1) is 0 Å². The Kier molecular flexibility index (Phi) is 5.71. The predicted octanol–water partition coefficient (Wildman–Crippen LogP) is 3.49. The first kappa shape index (κ1) is 16.4. The third-order valence-electron chi connectivity index (χ3n) is 3.94. The van der Waals surface area contributed by atoms with Gasteiger partial charge in [-0.25, -0.2) is 0 Å². The maximum atomic E-state index is 14.4. The molecule has 1 unspecified atom stereocenters. The molecule has 0 saturated carbocycles. The van der Waals surface area contributed by atoms with E-state index in [1.807, 2.05) is 4.90 Å². The summed E-state index contributed by atoms with van der Waals surface area (Å²) in [5, 5.41) is 3.48. The van der Waals surface area contributed by atoms with E-state index in [1.165, 1.54) is 12.1 Å². The molecular weight excluding hydrogens is 270 g/mol. The normalized spacial score (nSPS) is 21.5. The van der Waals surface area contributed by atoms with Crippen molar-refractivity contribution in [2.75, 3.05) is 26.2 Å². The molecule has 1 aliphatic rings. The van der Waals surface area contributed by atoms with Crippen molar-refractivity contribution in [2.45, 2.75) is 38.7 Å².